The Kier molecular flexibility index (Phi) is 4.33. The summed E-state index contributed by atoms with van der Waals surface area (Å²) in [6.07, 6.45) is 0.994. The van der Waals surface area contributed by atoms with E-state index < -0.39 is 41.0 Å². The Bertz CT molecular complexity index is 614. The van der Waals surface area contributed by atoms with Crippen molar-refractivity contribution in [2.75, 3.05) is 20.3 Å². The lowest BCUT2D eigenvalue weighted by Crippen LogP contribution is -2.42. The van der Waals surface area contributed by atoms with Crippen molar-refractivity contribution >= 4 is 5.97 Å². The standard InChI is InChI=1S/C16H17F3O4/c1-21-15(20)11-8-16(22-4-5-23-16)3-2-9(11)10-6-13(18)14(19)7-12(10)17/h6-7,9,11H,2-5,8H2,1H3/t9-,11+/m1/s1. The molecule has 4 nitrogen and oxygen atoms in total. The summed E-state index contributed by atoms with van der Waals surface area (Å²) < 4.78 is 56.8. The van der Waals surface area contributed by atoms with Gasteiger partial charge in [0.15, 0.2) is 17.4 Å². The molecular weight excluding hydrogens is 313 g/mol. The first-order valence-electron chi connectivity index (χ1n) is 7.46. The predicted molar refractivity (Wildman–Crippen MR) is 73.0 cm³/mol. The summed E-state index contributed by atoms with van der Waals surface area (Å²) in [5.41, 5.74) is -0.0212. The zero-order valence-corrected chi connectivity index (χ0v) is 12.6. The number of benzene rings is 1. The van der Waals surface area contributed by atoms with Crippen molar-refractivity contribution in [2.24, 2.45) is 5.92 Å². The molecule has 1 spiro atoms. The van der Waals surface area contributed by atoms with Gasteiger partial charge in [0.25, 0.3) is 0 Å². The Balaban J connectivity index is 1.94. The van der Waals surface area contributed by atoms with Gasteiger partial charge in [0.2, 0.25) is 0 Å². The molecule has 2 fully saturated rings. The van der Waals surface area contributed by atoms with Crippen LogP contribution >= 0.6 is 0 Å². The molecule has 2 atom stereocenters. The molecule has 0 bridgehead atoms. The van der Waals surface area contributed by atoms with E-state index in [4.69, 9.17) is 14.2 Å². The fourth-order valence-corrected chi connectivity index (χ4v) is 3.51. The molecule has 1 heterocycles. The van der Waals surface area contributed by atoms with Gasteiger partial charge >= 0.3 is 5.97 Å². The molecule has 3 rings (SSSR count). The number of ether oxygens (including phenoxy) is 3. The van der Waals surface area contributed by atoms with Gasteiger partial charge in [0.1, 0.15) is 5.82 Å². The molecule has 23 heavy (non-hydrogen) atoms. The van der Waals surface area contributed by atoms with Crippen molar-refractivity contribution in [1.82, 2.24) is 0 Å². The van der Waals surface area contributed by atoms with E-state index >= 15 is 0 Å². The van der Waals surface area contributed by atoms with Crippen LogP contribution < -0.4 is 0 Å². The molecular formula is C16H17F3O4. The Morgan fingerprint density at radius 3 is 2.48 bits per heavy atom. The molecule has 0 radical (unpaired) electrons. The SMILES string of the molecule is COC(=O)[C@H]1CC2(CC[C@@H]1c1cc(F)c(F)cc1F)OCCO2. The average Bonchev–Trinajstić information content (AvgIpc) is 2.98. The normalized spacial score (nSPS) is 26.4. The first-order valence-corrected chi connectivity index (χ1v) is 7.46. The molecule has 1 aliphatic heterocycles. The average molecular weight is 330 g/mol. The summed E-state index contributed by atoms with van der Waals surface area (Å²) in [4.78, 5) is 12.1. The molecule has 2 aliphatic rings. The van der Waals surface area contributed by atoms with Crippen molar-refractivity contribution in [3.8, 4) is 0 Å². The number of carbonyl (C=O) groups is 1. The number of carbonyl (C=O) groups excluding carboxylic acids is 1. The predicted octanol–water partition coefficient (Wildman–Crippen LogP) is 2.90. The highest BCUT2D eigenvalue weighted by Gasteiger charge is 2.49. The van der Waals surface area contributed by atoms with Gasteiger partial charge in [-0.1, -0.05) is 0 Å². The van der Waals surface area contributed by atoms with Crippen molar-refractivity contribution in [1.29, 1.82) is 0 Å². The summed E-state index contributed by atoms with van der Waals surface area (Å²) in [5, 5.41) is 0. The number of esters is 1. The fourth-order valence-electron chi connectivity index (χ4n) is 3.51. The van der Waals surface area contributed by atoms with Crippen LogP contribution in [0.4, 0.5) is 13.2 Å². The number of hydrogen-bond donors (Lipinski definition) is 0. The van der Waals surface area contributed by atoms with Crippen LogP contribution in [0.2, 0.25) is 0 Å². The second-order valence-corrected chi connectivity index (χ2v) is 5.87. The van der Waals surface area contributed by atoms with Crippen LogP contribution in [0.1, 0.15) is 30.7 Å². The quantitative estimate of drug-likeness (QED) is 0.618. The van der Waals surface area contributed by atoms with Crippen LogP contribution in [-0.2, 0) is 19.0 Å². The maximum atomic E-state index is 14.1. The third kappa shape index (κ3) is 2.95. The van der Waals surface area contributed by atoms with Gasteiger partial charge in [-0.05, 0) is 18.1 Å². The molecule has 7 heteroatoms. The van der Waals surface area contributed by atoms with Crippen molar-refractivity contribution in [2.45, 2.75) is 31.0 Å². The molecule has 126 valence electrons. The molecule has 1 aliphatic carbocycles. The minimum Gasteiger partial charge on any atom is -0.469 e. The van der Waals surface area contributed by atoms with Gasteiger partial charge in [0.05, 0.1) is 26.2 Å². The lowest BCUT2D eigenvalue weighted by atomic mass is 9.72. The van der Waals surface area contributed by atoms with Crippen LogP contribution in [-0.4, -0.2) is 32.1 Å². The topological polar surface area (TPSA) is 44.8 Å². The molecule has 0 amide bonds. The molecule has 0 unspecified atom stereocenters. The maximum absolute atomic E-state index is 14.1. The molecule has 1 saturated carbocycles. The first kappa shape index (κ1) is 16.3. The van der Waals surface area contributed by atoms with Crippen LogP contribution in [0.25, 0.3) is 0 Å². The van der Waals surface area contributed by atoms with Crippen LogP contribution in [0.15, 0.2) is 12.1 Å². The summed E-state index contributed by atoms with van der Waals surface area (Å²) in [6.45, 7) is 0.857. The van der Waals surface area contributed by atoms with E-state index in [0.29, 0.717) is 32.1 Å². The zero-order valence-electron chi connectivity index (χ0n) is 12.6. The maximum Gasteiger partial charge on any atom is 0.309 e. The van der Waals surface area contributed by atoms with E-state index in [9.17, 15) is 18.0 Å². The largest absolute Gasteiger partial charge is 0.469 e. The minimum absolute atomic E-state index is 0.0212. The Morgan fingerprint density at radius 1 is 1.17 bits per heavy atom. The second kappa shape index (κ2) is 6.13. The zero-order chi connectivity index (χ0) is 16.6. The van der Waals surface area contributed by atoms with Gasteiger partial charge in [-0.3, -0.25) is 4.79 Å². The number of methoxy groups -OCH3 is 1. The van der Waals surface area contributed by atoms with E-state index in [0.717, 1.165) is 6.07 Å². The van der Waals surface area contributed by atoms with Gasteiger partial charge in [-0.25, -0.2) is 13.2 Å². The third-order valence-electron chi connectivity index (χ3n) is 4.61. The van der Waals surface area contributed by atoms with E-state index in [1.807, 2.05) is 0 Å². The molecule has 1 aromatic carbocycles. The second-order valence-electron chi connectivity index (χ2n) is 5.87. The summed E-state index contributed by atoms with van der Waals surface area (Å²) >= 11 is 0. The smallest absolute Gasteiger partial charge is 0.309 e. The van der Waals surface area contributed by atoms with Crippen molar-refractivity contribution in [3.05, 3.63) is 35.1 Å². The molecule has 0 N–H and O–H groups in total. The van der Waals surface area contributed by atoms with E-state index in [1.165, 1.54) is 7.11 Å². The Hall–Kier alpha value is -1.60. The molecule has 1 saturated heterocycles. The lowest BCUT2D eigenvalue weighted by Gasteiger charge is -2.40. The monoisotopic (exact) mass is 330 g/mol. The van der Waals surface area contributed by atoms with Gasteiger partial charge in [-0.15, -0.1) is 0 Å². The fraction of sp³-hybridized carbons (Fsp3) is 0.562. The van der Waals surface area contributed by atoms with Crippen molar-refractivity contribution in [3.63, 3.8) is 0 Å². The summed E-state index contributed by atoms with van der Waals surface area (Å²) in [6, 6.07) is 1.32. The van der Waals surface area contributed by atoms with Crippen LogP contribution in [0.5, 0.6) is 0 Å². The number of rotatable bonds is 2. The summed E-state index contributed by atoms with van der Waals surface area (Å²) in [7, 11) is 1.23. The van der Waals surface area contributed by atoms with Crippen molar-refractivity contribution < 1.29 is 32.2 Å². The Labute approximate surface area is 131 Å². The van der Waals surface area contributed by atoms with Crippen LogP contribution in [0, 0.1) is 23.4 Å². The third-order valence-corrected chi connectivity index (χ3v) is 4.61. The van der Waals surface area contributed by atoms with E-state index in [1.54, 1.807) is 0 Å². The number of halogens is 3. The van der Waals surface area contributed by atoms with Crippen LogP contribution in [0.3, 0.4) is 0 Å². The minimum atomic E-state index is -1.25. The van der Waals surface area contributed by atoms with E-state index in [2.05, 4.69) is 0 Å². The first-order chi connectivity index (χ1) is 11.0. The van der Waals surface area contributed by atoms with Gasteiger partial charge in [0, 0.05) is 24.8 Å². The van der Waals surface area contributed by atoms with Gasteiger partial charge in [-0.2, -0.15) is 0 Å². The molecule has 1 aromatic rings. The van der Waals surface area contributed by atoms with Gasteiger partial charge < -0.3 is 14.2 Å². The van der Waals surface area contributed by atoms with E-state index in [-0.39, 0.29) is 12.0 Å². The lowest BCUT2D eigenvalue weighted by molar-refractivity contribution is -0.197. The number of hydrogen-bond acceptors (Lipinski definition) is 4. The highest BCUT2D eigenvalue weighted by molar-refractivity contribution is 5.74. The highest BCUT2D eigenvalue weighted by Crippen LogP contribution is 2.47. The highest BCUT2D eigenvalue weighted by atomic mass is 19.2. The summed E-state index contributed by atoms with van der Waals surface area (Å²) in [5.74, 6) is -6.04. The molecule has 0 aromatic heterocycles. The Morgan fingerprint density at radius 2 is 1.83 bits per heavy atom.